The molecular weight excluding hydrogens is 410 g/mol. The highest BCUT2D eigenvalue weighted by Crippen LogP contribution is 2.15. The molecule has 2 aliphatic heterocycles. The number of carbonyl (C=O) groups excluding carboxylic acids is 1. The van der Waals surface area contributed by atoms with E-state index < -0.39 is 5.69 Å². The van der Waals surface area contributed by atoms with Crippen molar-refractivity contribution in [3.63, 3.8) is 0 Å². The van der Waals surface area contributed by atoms with Gasteiger partial charge in [0, 0.05) is 43.5 Å². The molecule has 4 rings (SSSR count). The van der Waals surface area contributed by atoms with Crippen molar-refractivity contribution in [2.45, 2.75) is 77.4 Å². The Morgan fingerprint density at radius 2 is 1.81 bits per heavy atom. The van der Waals surface area contributed by atoms with Gasteiger partial charge in [0.1, 0.15) is 0 Å². The summed E-state index contributed by atoms with van der Waals surface area (Å²) in [6.07, 6.45) is 10.8. The summed E-state index contributed by atoms with van der Waals surface area (Å²) in [5, 5.41) is 8.55. The lowest BCUT2D eigenvalue weighted by Gasteiger charge is -2.27. The lowest BCUT2D eigenvalue weighted by molar-refractivity contribution is -0.132. The summed E-state index contributed by atoms with van der Waals surface area (Å²) in [6, 6.07) is 0. The van der Waals surface area contributed by atoms with Gasteiger partial charge in [-0.15, -0.1) is 5.10 Å². The highest BCUT2D eigenvalue weighted by atomic mass is 16.2. The molecule has 0 radical (unpaired) electrons. The van der Waals surface area contributed by atoms with Crippen molar-refractivity contribution in [3.8, 4) is 0 Å². The van der Waals surface area contributed by atoms with Crippen molar-refractivity contribution in [3.05, 3.63) is 44.0 Å². The fourth-order valence-corrected chi connectivity index (χ4v) is 4.62. The number of aromatic amines is 2. The Balaban J connectivity index is 1.12. The molecule has 10 heteroatoms. The van der Waals surface area contributed by atoms with Gasteiger partial charge in [-0.3, -0.25) is 24.2 Å². The van der Waals surface area contributed by atoms with Gasteiger partial charge >= 0.3 is 5.69 Å². The van der Waals surface area contributed by atoms with Gasteiger partial charge in [0.15, 0.2) is 0 Å². The molecule has 1 amide bonds. The van der Waals surface area contributed by atoms with E-state index in [-0.39, 0.29) is 11.5 Å². The Kier molecular flexibility index (Phi) is 7.51. The number of aryl methyl sites for hydroxylation is 1. The van der Waals surface area contributed by atoms with Crippen molar-refractivity contribution in [2.75, 3.05) is 19.6 Å². The third kappa shape index (κ3) is 5.93. The molecular formula is C22H33N7O3. The predicted octanol–water partition coefficient (Wildman–Crippen LogP) is 1.18. The number of amides is 1. The highest BCUT2D eigenvalue weighted by molar-refractivity contribution is 5.76. The van der Waals surface area contributed by atoms with E-state index in [1.165, 1.54) is 19.3 Å². The van der Waals surface area contributed by atoms with Crippen LogP contribution in [0, 0.1) is 0 Å². The van der Waals surface area contributed by atoms with Gasteiger partial charge in [0.05, 0.1) is 12.2 Å². The van der Waals surface area contributed by atoms with Crippen molar-refractivity contribution in [1.29, 1.82) is 0 Å². The summed E-state index contributed by atoms with van der Waals surface area (Å²) < 4.78 is 1.93. The lowest BCUT2D eigenvalue weighted by atomic mass is 10.1. The van der Waals surface area contributed by atoms with Crippen LogP contribution in [0.15, 0.2) is 15.8 Å². The molecule has 2 aromatic rings. The Morgan fingerprint density at radius 1 is 1.00 bits per heavy atom. The van der Waals surface area contributed by atoms with E-state index in [1.54, 1.807) is 4.90 Å². The van der Waals surface area contributed by atoms with Crippen molar-refractivity contribution in [2.24, 2.45) is 0 Å². The second-order valence-electron chi connectivity index (χ2n) is 8.90. The first-order valence-corrected chi connectivity index (χ1v) is 11.8. The van der Waals surface area contributed by atoms with Crippen molar-refractivity contribution in [1.82, 2.24) is 34.8 Å². The first-order valence-electron chi connectivity index (χ1n) is 11.8. The Hall–Kier alpha value is -2.75. The summed E-state index contributed by atoms with van der Waals surface area (Å²) in [4.78, 5) is 44.9. The number of nitrogens with zero attached hydrogens (tertiary/aromatic N) is 5. The number of H-pyrrole nitrogens is 2. The van der Waals surface area contributed by atoms with Crippen LogP contribution < -0.4 is 11.2 Å². The van der Waals surface area contributed by atoms with Gasteiger partial charge in [0.2, 0.25) is 5.91 Å². The van der Waals surface area contributed by atoms with Crippen molar-refractivity contribution >= 4 is 5.91 Å². The third-order valence-corrected chi connectivity index (χ3v) is 6.41. The van der Waals surface area contributed by atoms with Crippen LogP contribution >= 0.6 is 0 Å². The van der Waals surface area contributed by atoms with Crippen LogP contribution in [0.4, 0.5) is 0 Å². The summed E-state index contributed by atoms with van der Waals surface area (Å²) >= 11 is 0. The van der Waals surface area contributed by atoms with Crippen LogP contribution in [0.2, 0.25) is 0 Å². The highest BCUT2D eigenvalue weighted by Gasteiger charge is 2.23. The van der Waals surface area contributed by atoms with Crippen LogP contribution in [0.3, 0.4) is 0 Å². The summed E-state index contributed by atoms with van der Waals surface area (Å²) in [6.45, 7) is 4.89. The maximum Gasteiger partial charge on any atom is 0.325 e. The van der Waals surface area contributed by atoms with Crippen LogP contribution in [-0.2, 0) is 30.8 Å². The van der Waals surface area contributed by atoms with E-state index in [2.05, 4.69) is 31.4 Å². The molecule has 4 heterocycles. The number of hydrogen-bond acceptors (Lipinski definition) is 6. The molecule has 0 aromatic carbocycles. The largest absolute Gasteiger partial charge is 0.337 e. The van der Waals surface area contributed by atoms with Crippen LogP contribution in [0.1, 0.15) is 68.3 Å². The second kappa shape index (κ2) is 10.7. The topological polar surface area (TPSA) is 120 Å². The van der Waals surface area contributed by atoms with Gasteiger partial charge in [-0.25, -0.2) is 4.79 Å². The third-order valence-electron chi connectivity index (χ3n) is 6.41. The number of likely N-dealkylation sites (tertiary alicyclic amines) is 1. The number of hydrogen-bond donors (Lipinski definition) is 2. The summed E-state index contributed by atoms with van der Waals surface area (Å²) in [5.74, 6) is 0.0791. The minimum atomic E-state index is -0.519. The van der Waals surface area contributed by atoms with Gasteiger partial charge < -0.3 is 9.88 Å². The number of nitrogens with one attached hydrogen (secondary N) is 2. The van der Waals surface area contributed by atoms with Crippen LogP contribution in [0.5, 0.6) is 0 Å². The first-order chi connectivity index (χ1) is 15.6. The van der Waals surface area contributed by atoms with Crippen LogP contribution in [0.25, 0.3) is 0 Å². The molecule has 0 unspecified atom stereocenters. The molecule has 2 N–H and O–H groups in total. The van der Waals surface area contributed by atoms with Gasteiger partial charge in [-0.1, -0.05) is 24.5 Å². The minimum absolute atomic E-state index is 0.0791. The smallest absolute Gasteiger partial charge is 0.325 e. The number of unbranched alkanes of at least 4 members (excludes halogenated alkanes) is 3. The molecule has 10 nitrogen and oxygen atoms in total. The monoisotopic (exact) mass is 443 g/mol. The maximum atomic E-state index is 12.5. The quantitative estimate of drug-likeness (QED) is 0.562. The summed E-state index contributed by atoms with van der Waals surface area (Å²) in [7, 11) is 0. The van der Waals surface area contributed by atoms with E-state index in [1.807, 2.05) is 4.68 Å². The molecule has 0 spiro atoms. The summed E-state index contributed by atoms with van der Waals surface area (Å²) in [5.41, 5.74) is 1.33. The van der Waals surface area contributed by atoms with Gasteiger partial charge in [-0.2, -0.15) is 0 Å². The lowest BCUT2D eigenvalue weighted by Crippen LogP contribution is -2.41. The molecule has 1 fully saturated rings. The molecule has 1 saturated heterocycles. The zero-order valence-corrected chi connectivity index (χ0v) is 18.6. The van der Waals surface area contributed by atoms with Gasteiger partial charge in [0.25, 0.3) is 5.56 Å². The molecule has 0 aliphatic carbocycles. The maximum absolute atomic E-state index is 12.5. The number of aromatic nitrogens is 5. The Labute approximate surface area is 187 Å². The first kappa shape index (κ1) is 22.4. The Morgan fingerprint density at radius 3 is 2.66 bits per heavy atom. The van der Waals surface area contributed by atoms with Crippen molar-refractivity contribution < 1.29 is 4.79 Å². The van der Waals surface area contributed by atoms with E-state index >= 15 is 0 Å². The number of fused-ring (bicyclic) bond motifs is 1. The molecule has 32 heavy (non-hydrogen) atoms. The van der Waals surface area contributed by atoms with E-state index in [0.717, 1.165) is 57.6 Å². The van der Waals surface area contributed by atoms with Crippen LogP contribution in [-0.4, -0.2) is 60.3 Å². The number of carbonyl (C=O) groups is 1. The van der Waals surface area contributed by atoms with E-state index in [9.17, 15) is 14.4 Å². The minimum Gasteiger partial charge on any atom is -0.337 e. The average molecular weight is 444 g/mol. The van der Waals surface area contributed by atoms with Gasteiger partial charge in [-0.05, 0) is 45.2 Å². The predicted molar refractivity (Wildman–Crippen MR) is 119 cm³/mol. The molecule has 2 aliphatic rings. The van der Waals surface area contributed by atoms with E-state index in [0.29, 0.717) is 37.2 Å². The second-order valence-corrected chi connectivity index (χ2v) is 8.90. The molecule has 0 saturated carbocycles. The fourth-order valence-electron chi connectivity index (χ4n) is 4.62. The zero-order valence-electron chi connectivity index (χ0n) is 18.6. The number of rotatable bonds is 9. The SMILES string of the molecule is O=C(CCCCCCn1cc(CN2CCCCC2)nn1)N1CCc2c([nH]c(=O)[nH]c2=O)C1. The Bertz CT molecular complexity index is 1020. The molecule has 0 bridgehead atoms. The fraction of sp³-hybridized carbons (Fsp3) is 0.682. The molecule has 174 valence electrons. The number of piperidine rings is 1. The van der Waals surface area contributed by atoms with E-state index in [4.69, 9.17) is 0 Å². The zero-order chi connectivity index (χ0) is 22.3. The standard InChI is InChI=1S/C22H33N7O3/c30-20(28-13-9-18-19(16-28)23-22(32)24-21(18)31)8-4-1-2-7-12-29-15-17(25-26-29)14-27-10-5-3-6-11-27/h15H,1-14,16H2,(H2,23,24,31,32). The normalized spacial score (nSPS) is 16.8. The molecule has 2 aromatic heterocycles. The average Bonchev–Trinajstić information content (AvgIpc) is 3.23. The molecule has 0 atom stereocenters.